The zero-order chi connectivity index (χ0) is 17.5. The first kappa shape index (κ1) is 18.7. The number of ether oxygens (including phenoxy) is 1. The maximum absolute atomic E-state index is 12.0. The molecule has 0 fully saturated rings. The molecule has 0 aliphatic rings. The molecule has 0 saturated heterocycles. The molecule has 0 saturated carbocycles. The minimum Gasteiger partial charge on any atom is -0.463 e. The molecule has 0 aliphatic carbocycles. The van der Waals surface area contributed by atoms with Gasteiger partial charge in [0.1, 0.15) is 0 Å². The number of esters is 1. The summed E-state index contributed by atoms with van der Waals surface area (Å²) in [5.41, 5.74) is 2.97. The van der Waals surface area contributed by atoms with Crippen LogP contribution in [0.1, 0.15) is 12.5 Å². The first-order valence-corrected chi connectivity index (χ1v) is 6.66. The van der Waals surface area contributed by atoms with Crippen LogP contribution in [0.4, 0.5) is 18.9 Å². The number of rotatable bonds is 6. The summed E-state index contributed by atoms with van der Waals surface area (Å²) in [6.07, 6.45) is -2.30. The first-order chi connectivity index (χ1) is 10.7. The van der Waals surface area contributed by atoms with Crippen molar-refractivity contribution in [1.82, 2.24) is 0 Å². The van der Waals surface area contributed by atoms with Crippen molar-refractivity contribution < 1.29 is 27.5 Å². The van der Waals surface area contributed by atoms with E-state index in [9.17, 15) is 22.8 Å². The molecule has 0 bridgehead atoms. The van der Waals surface area contributed by atoms with Crippen LogP contribution in [0, 0.1) is 0 Å². The van der Waals surface area contributed by atoms with Crippen molar-refractivity contribution in [2.75, 3.05) is 12.0 Å². The van der Waals surface area contributed by atoms with E-state index in [1.165, 1.54) is 24.3 Å². The van der Waals surface area contributed by atoms with E-state index in [0.29, 0.717) is 10.6 Å². The fourth-order valence-corrected chi connectivity index (χ4v) is 1.51. The van der Waals surface area contributed by atoms with Gasteiger partial charge in [-0.1, -0.05) is 11.6 Å². The van der Waals surface area contributed by atoms with Crippen LogP contribution in [-0.2, 0) is 14.3 Å². The lowest BCUT2D eigenvalue weighted by Gasteiger charge is -2.04. The zero-order valence-corrected chi connectivity index (χ0v) is 12.6. The van der Waals surface area contributed by atoms with Gasteiger partial charge in [0.15, 0.2) is 0 Å². The van der Waals surface area contributed by atoms with Gasteiger partial charge in [-0.05, 0) is 36.8 Å². The van der Waals surface area contributed by atoms with Crippen LogP contribution < -0.4 is 5.43 Å². The van der Waals surface area contributed by atoms with Gasteiger partial charge in [-0.15, -0.1) is 0 Å². The van der Waals surface area contributed by atoms with Crippen molar-refractivity contribution >= 4 is 41.3 Å². The van der Waals surface area contributed by atoms with E-state index in [1.54, 1.807) is 6.92 Å². The molecule has 0 unspecified atom stereocenters. The number of benzene rings is 1. The summed E-state index contributed by atoms with van der Waals surface area (Å²) in [7, 11) is 0. The third-order valence-corrected chi connectivity index (χ3v) is 2.68. The average molecular weight is 349 g/mol. The highest BCUT2D eigenvalue weighted by molar-refractivity contribution is 6.32. The Labute approximate surface area is 134 Å². The molecule has 1 aromatic carbocycles. The molecule has 5 nitrogen and oxygen atoms in total. The Morgan fingerprint density at radius 1 is 1.39 bits per heavy atom. The van der Waals surface area contributed by atoms with Gasteiger partial charge < -0.3 is 4.74 Å². The number of nitrogens with zero attached hydrogens (tertiary/aromatic N) is 1. The van der Waals surface area contributed by atoms with Crippen LogP contribution in [0.3, 0.4) is 0 Å². The van der Waals surface area contributed by atoms with Crippen LogP contribution >= 0.6 is 11.6 Å². The molecule has 0 amide bonds. The minimum absolute atomic E-state index is 0.128. The summed E-state index contributed by atoms with van der Waals surface area (Å²) in [5.74, 6) is -2.64. The predicted molar refractivity (Wildman–Crippen MR) is 80.3 cm³/mol. The van der Waals surface area contributed by atoms with Crippen molar-refractivity contribution in [3.63, 3.8) is 0 Å². The SMILES string of the molecule is CCOC(=O)C=Cc1cc(NN=CC(=O)C(F)(F)F)ccc1Cl. The lowest BCUT2D eigenvalue weighted by Crippen LogP contribution is -2.23. The Hall–Kier alpha value is -2.35. The number of hydrogen-bond donors (Lipinski definition) is 1. The maximum Gasteiger partial charge on any atom is 0.455 e. The molecular formula is C14H12ClF3N2O3. The molecule has 0 radical (unpaired) electrons. The van der Waals surface area contributed by atoms with E-state index in [1.807, 2.05) is 0 Å². The Bertz CT molecular complexity index is 643. The number of hydrogen-bond acceptors (Lipinski definition) is 5. The Balaban J connectivity index is 2.79. The molecule has 1 aromatic rings. The highest BCUT2D eigenvalue weighted by Gasteiger charge is 2.36. The lowest BCUT2D eigenvalue weighted by atomic mass is 10.2. The molecular weight excluding hydrogens is 337 g/mol. The molecule has 9 heteroatoms. The maximum atomic E-state index is 12.0. The van der Waals surface area contributed by atoms with Gasteiger partial charge in [0.05, 0.1) is 18.5 Å². The number of carbonyl (C=O) groups is 2. The molecule has 1 N–H and O–H groups in total. The van der Waals surface area contributed by atoms with Gasteiger partial charge in [-0.2, -0.15) is 18.3 Å². The standard InChI is InChI=1S/C14H12ClF3N2O3/c1-2-23-13(22)6-3-9-7-10(4-5-11(9)15)20-19-8-12(21)14(16,17)18/h3-8,20H,2H2,1H3. The van der Waals surface area contributed by atoms with Crippen molar-refractivity contribution in [2.24, 2.45) is 5.10 Å². The van der Waals surface area contributed by atoms with Crippen LogP contribution in [-0.4, -0.2) is 30.8 Å². The summed E-state index contributed by atoms with van der Waals surface area (Å²) in [6, 6.07) is 4.34. The smallest absolute Gasteiger partial charge is 0.455 e. The van der Waals surface area contributed by atoms with Crippen molar-refractivity contribution in [3.8, 4) is 0 Å². The summed E-state index contributed by atoms with van der Waals surface area (Å²) in [5, 5.41) is 3.51. The number of hydrazone groups is 1. The molecule has 0 aromatic heterocycles. The van der Waals surface area contributed by atoms with Crippen molar-refractivity contribution in [1.29, 1.82) is 0 Å². The minimum atomic E-state index is -4.97. The largest absolute Gasteiger partial charge is 0.463 e. The fraction of sp³-hybridized carbons (Fsp3) is 0.214. The monoisotopic (exact) mass is 348 g/mol. The predicted octanol–water partition coefficient (Wildman–Crippen LogP) is 3.45. The summed E-state index contributed by atoms with van der Waals surface area (Å²) in [6.45, 7) is 1.88. The summed E-state index contributed by atoms with van der Waals surface area (Å²) >= 11 is 5.93. The summed E-state index contributed by atoms with van der Waals surface area (Å²) < 4.78 is 40.7. The Morgan fingerprint density at radius 2 is 2.09 bits per heavy atom. The van der Waals surface area contributed by atoms with Crippen molar-refractivity contribution in [3.05, 3.63) is 34.9 Å². The first-order valence-electron chi connectivity index (χ1n) is 6.28. The average Bonchev–Trinajstić information content (AvgIpc) is 2.46. The summed E-state index contributed by atoms with van der Waals surface area (Å²) in [4.78, 5) is 21.8. The highest BCUT2D eigenvalue weighted by Crippen LogP contribution is 2.22. The van der Waals surface area contributed by atoms with Crippen LogP contribution in [0.5, 0.6) is 0 Å². The van der Waals surface area contributed by atoms with Crippen molar-refractivity contribution in [2.45, 2.75) is 13.1 Å². The number of Topliss-reactive ketones (excluding diaryl/α,β-unsaturated/α-hetero) is 1. The molecule has 23 heavy (non-hydrogen) atoms. The molecule has 0 heterocycles. The van der Waals surface area contributed by atoms with Crippen LogP contribution in [0.2, 0.25) is 5.02 Å². The third kappa shape index (κ3) is 6.52. The second-order valence-corrected chi connectivity index (χ2v) is 4.46. The Kier molecular flexibility index (Phi) is 6.77. The highest BCUT2D eigenvalue weighted by atomic mass is 35.5. The fourth-order valence-electron chi connectivity index (χ4n) is 1.33. The lowest BCUT2D eigenvalue weighted by molar-refractivity contribution is -0.162. The quantitative estimate of drug-likeness (QED) is 0.370. The molecule has 124 valence electrons. The van der Waals surface area contributed by atoms with E-state index < -0.39 is 17.9 Å². The van der Waals surface area contributed by atoms with E-state index in [2.05, 4.69) is 10.5 Å². The molecule has 0 aliphatic heterocycles. The van der Waals surface area contributed by atoms with E-state index >= 15 is 0 Å². The number of nitrogens with one attached hydrogen (secondary N) is 1. The van der Waals surface area contributed by atoms with Gasteiger partial charge >= 0.3 is 12.1 Å². The van der Waals surface area contributed by atoms with Crippen LogP contribution in [0.25, 0.3) is 6.08 Å². The van der Waals surface area contributed by atoms with Gasteiger partial charge in [-0.25, -0.2) is 4.79 Å². The Morgan fingerprint density at radius 3 is 2.70 bits per heavy atom. The van der Waals surface area contributed by atoms with Crippen LogP contribution in [0.15, 0.2) is 29.4 Å². The second-order valence-electron chi connectivity index (χ2n) is 4.05. The third-order valence-electron chi connectivity index (χ3n) is 2.34. The van der Waals surface area contributed by atoms with Gasteiger partial charge in [0.2, 0.25) is 0 Å². The second kappa shape index (κ2) is 8.33. The van der Waals surface area contributed by atoms with Gasteiger partial charge in [0.25, 0.3) is 5.78 Å². The molecule has 0 atom stereocenters. The normalized spacial score (nSPS) is 11.9. The van der Waals surface area contributed by atoms with Gasteiger partial charge in [-0.3, -0.25) is 10.2 Å². The van der Waals surface area contributed by atoms with E-state index in [0.717, 1.165) is 6.08 Å². The number of halogens is 4. The molecule has 1 rings (SSSR count). The zero-order valence-electron chi connectivity index (χ0n) is 11.9. The van der Waals surface area contributed by atoms with E-state index in [-0.39, 0.29) is 18.5 Å². The number of anilines is 1. The van der Waals surface area contributed by atoms with Gasteiger partial charge in [0, 0.05) is 11.1 Å². The number of alkyl halides is 3. The molecule has 0 spiro atoms. The number of carbonyl (C=O) groups excluding carboxylic acids is 2. The topological polar surface area (TPSA) is 67.8 Å². The number of ketones is 1. The van der Waals surface area contributed by atoms with E-state index in [4.69, 9.17) is 16.3 Å².